The number of carbonyl (C=O) groups excluding carboxylic acids is 1. The number of H-pyrrole nitrogens is 1. The number of amides is 1. The third-order valence-electron chi connectivity index (χ3n) is 4.57. The van der Waals surface area contributed by atoms with E-state index < -0.39 is 0 Å². The molecule has 1 saturated carbocycles. The van der Waals surface area contributed by atoms with Crippen LogP contribution >= 0.6 is 11.5 Å². The standard InChI is InChI=1S/C17H16N4O2S/c1-9-12(10-5-3-4-6-11(10)18-13(9)22)14(23)19-16-20-15(21-24-16)17(2)7-8-17/h3-6H,7-8H2,1-2H3,(H,18,22)(H,19,20,21,23). The third-order valence-corrected chi connectivity index (χ3v) is 5.20. The predicted octanol–water partition coefficient (Wildman–Crippen LogP) is 2.99. The second-order valence-electron chi connectivity index (χ2n) is 6.44. The van der Waals surface area contributed by atoms with Crippen molar-refractivity contribution in [3.63, 3.8) is 0 Å². The van der Waals surface area contributed by atoms with E-state index in [4.69, 9.17) is 0 Å². The maximum atomic E-state index is 12.8. The zero-order valence-corrected chi connectivity index (χ0v) is 14.2. The van der Waals surface area contributed by atoms with E-state index in [1.54, 1.807) is 13.0 Å². The molecule has 7 heteroatoms. The van der Waals surface area contributed by atoms with Gasteiger partial charge < -0.3 is 4.98 Å². The lowest BCUT2D eigenvalue weighted by Gasteiger charge is -2.09. The van der Waals surface area contributed by atoms with Crippen molar-refractivity contribution in [3.8, 4) is 0 Å². The van der Waals surface area contributed by atoms with Crippen LogP contribution in [0.5, 0.6) is 0 Å². The minimum atomic E-state index is -0.335. The summed E-state index contributed by atoms with van der Waals surface area (Å²) < 4.78 is 4.35. The van der Waals surface area contributed by atoms with Crippen LogP contribution in [0.15, 0.2) is 29.1 Å². The number of para-hydroxylation sites is 1. The average Bonchev–Trinajstić information content (AvgIpc) is 3.13. The van der Waals surface area contributed by atoms with Crippen molar-refractivity contribution in [1.82, 2.24) is 14.3 Å². The molecule has 1 aromatic carbocycles. The molecule has 1 aliphatic carbocycles. The number of hydrogen-bond acceptors (Lipinski definition) is 5. The molecule has 122 valence electrons. The molecule has 24 heavy (non-hydrogen) atoms. The summed E-state index contributed by atoms with van der Waals surface area (Å²) in [6.45, 7) is 3.77. The molecule has 6 nitrogen and oxygen atoms in total. The maximum Gasteiger partial charge on any atom is 0.258 e. The third kappa shape index (κ3) is 2.41. The van der Waals surface area contributed by atoms with Crippen molar-refractivity contribution >= 4 is 33.5 Å². The lowest BCUT2D eigenvalue weighted by atomic mass is 10.0. The Hall–Kier alpha value is -2.54. The molecule has 1 amide bonds. The number of anilines is 1. The van der Waals surface area contributed by atoms with Crippen LogP contribution in [0.1, 0.15) is 41.5 Å². The Balaban J connectivity index is 1.72. The molecule has 0 atom stereocenters. The van der Waals surface area contributed by atoms with Gasteiger partial charge in [-0.3, -0.25) is 14.9 Å². The quantitative estimate of drug-likeness (QED) is 0.767. The highest BCUT2D eigenvalue weighted by atomic mass is 32.1. The van der Waals surface area contributed by atoms with E-state index in [1.807, 2.05) is 18.2 Å². The van der Waals surface area contributed by atoms with Crippen LogP contribution in [0.25, 0.3) is 10.9 Å². The van der Waals surface area contributed by atoms with Crippen LogP contribution < -0.4 is 10.9 Å². The minimum Gasteiger partial charge on any atom is -0.322 e. The molecular weight excluding hydrogens is 324 g/mol. The van der Waals surface area contributed by atoms with Crippen molar-refractivity contribution in [2.75, 3.05) is 5.32 Å². The Morgan fingerprint density at radius 1 is 1.33 bits per heavy atom. The molecule has 0 aliphatic heterocycles. The van der Waals surface area contributed by atoms with Gasteiger partial charge in [0.15, 0.2) is 5.82 Å². The number of fused-ring (bicyclic) bond motifs is 1. The summed E-state index contributed by atoms with van der Waals surface area (Å²) in [6, 6.07) is 7.27. The topological polar surface area (TPSA) is 87.7 Å². The van der Waals surface area contributed by atoms with Crippen LogP contribution in [-0.2, 0) is 5.41 Å². The van der Waals surface area contributed by atoms with Crippen LogP contribution in [0.4, 0.5) is 5.13 Å². The minimum absolute atomic E-state index is 0.0615. The van der Waals surface area contributed by atoms with E-state index in [0.29, 0.717) is 27.2 Å². The van der Waals surface area contributed by atoms with Crippen LogP contribution in [0.3, 0.4) is 0 Å². The van der Waals surface area contributed by atoms with Gasteiger partial charge in [-0.15, -0.1) is 0 Å². The van der Waals surface area contributed by atoms with Gasteiger partial charge in [-0.2, -0.15) is 4.37 Å². The number of nitrogens with one attached hydrogen (secondary N) is 2. The van der Waals surface area contributed by atoms with Gasteiger partial charge in [-0.25, -0.2) is 4.98 Å². The number of pyridine rings is 1. The van der Waals surface area contributed by atoms with Crippen molar-refractivity contribution < 1.29 is 4.79 Å². The van der Waals surface area contributed by atoms with Crippen molar-refractivity contribution in [2.24, 2.45) is 0 Å². The van der Waals surface area contributed by atoms with Gasteiger partial charge in [0.05, 0.1) is 5.56 Å². The molecule has 2 aromatic heterocycles. The molecule has 1 aliphatic rings. The molecule has 0 saturated heterocycles. The fourth-order valence-electron chi connectivity index (χ4n) is 2.72. The average molecular weight is 340 g/mol. The second kappa shape index (κ2) is 5.24. The second-order valence-corrected chi connectivity index (χ2v) is 7.19. The molecule has 2 N–H and O–H groups in total. The Bertz CT molecular complexity index is 1020. The van der Waals surface area contributed by atoms with E-state index >= 15 is 0 Å². The summed E-state index contributed by atoms with van der Waals surface area (Å²) in [5, 5.41) is 3.97. The number of rotatable bonds is 3. The van der Waals surface area contributed by atoms with Gasteiger partial charge in [-0.05, 0) is 25.8 Å². The Morgan fingerprint density at radius 2 is 2.08 bits per heavy atom. The summed E-state index contributed by atoms with van der Waals surface area (Å²) in [5.41, 5.74) is 1.21. The van der Waals surface area contributed by atoms with Crippen molar-refractivity contribution in [2.45, 2.75) is 32.1 Å². The maximum absolute atomic E-state index is 12.8. The summed E-state index contributed by atoms with van der Waals surface area (Å²) >= 11 is 1.18. The molecule has 0 unspecified atom stereocenters. The van der Waals surface area contributed by atoms with E-state index in [0.717, 1.165) is 18.7 Å². The van der Waals surface area contributed by atoms with E-state index in [2.05, 4.69) is 26.6 Å². The first-order chi connectivity index (χ1) is 11.5. The molecule has 4 rings (SSSR count). The van der Waals surface area contributed by atoms with Gasteiger partial charge >= 0.3 is 0 Å². The molecule has 1 fully saturated rings. The van der Waals surface area contributed by atoms with Crippen molar-refractivity contribution in [3.05, 3.63) is 51.6 Å². The predicted molar refractivity (Wildman–Crippen MR) is 93.8 cm³/mol. The Kier molecular flexibility index (Phi) is 3.28. The largest absolute Gasteiger partial charge is 0.322 e. The van der Waals surface area contributed by atoms with Gasteiger partial charge in [0.25, 0.3) is 11.5 Å². The van der Waals surface area contributed by atoms with Gasteiger partial charge in [-0.1, -0.05) is 25.1 Å². The summed E-state index contributed by atoms with van der Waals surface area (Å²) in [5.74, 6) is 0.453. The number of nitrogens with zero attached hydrogens (tertiary/aromatic N) is 2. The fraction of sp³-hybridized carbons (Fsp3) is 0.294. The highest BCUT2D eigenvalue weighted by Gasteiger charge is 2.43. The van der Waals surface area contributed by atoms with Crippen molar-refractivity contribution in [1.29, 1.82) is 0 Å². The van der Waals surface area contributed by atoms with Gasteiger partial charge in [0.2, 0.25) is 5.13 Å². The number of carbonyl (C=O) groups is 1. The zero-order chi connectivity index (χ0) is 16.9. The first-order valence-corrected chi connectivity index (χ1v) is 8.52. The lowest BCUT2D eigenvalue weighted by Crippen LogP contribution is -2.20. The molecule has 3 aromatic rings. The summed E-state index contributed by atoms with van der Waals surface area (Å²) in [4.78, 5) is 32.1. The first kappa shape index (κ1) is 15.0. The Labute approximate surface area is 142 Å². The summed E-state index contributed by atoms with van der Waals surface area (Å²) in [6.07, 6.45) is 2.16. The molecule has 0 spiro atoms. The van der Waals surface area contributed by atoms with E-state index in [9.17, 15) is 9.59 Å². The number of aromatic amines is 1. The summed E-state index contributed by atoms with van der Waals surface area (Å²) in [7, 11) is 0. The number of hydrogen-bond donors (Lipinski definition) is 2. The monoisotopic (exact) mass is 340 g/mol. The smallest absolute Gasteiger partial charge is 0.258 e. The first-order valence-electron chi connectivity index (χ1n) is 7.75. The van der Waals surface area contributed by atoms with Crippen LogP contribution in [-0.4, -0.2) is 20.2 Å². The zero-order valence-electron chi connectivity index (χ0n) is 13.3. The van der Waals surface area contributed by atoms with Gasteiger partial charge in [0.1, 0.15) is 0 Å². The fourth-order valence-corrected chi connectivity index (χ4v) is 3.42. The highest BCUT2D eigenvalue weighted by Crippen LogP contribution is 2.46. The van der Waals surface area contributed by atoms with Crippen LogP contribution in [0, 0.1) is 6.92 Å². The highest BCUT2D eigenvalue weighted by molar-refractivity contribution is 7.09. The van der Waals surface area contributed by atoms with E-state index in [-0.39, 0.29) is 16.9 Å². The molecular formula is C17H16N4O2S. The van der Waals surface area contributed by atoms with E-state index in [1.165, 1.54) is 11.5 Å². The lowest BCUT2D eigenvalue weighted by molar-refractivity contribution is 0.102. The molecule has 0 bridgehead atoms. The van der Waals surface area contributed by atoms with Gasteiger partial charge in [0, 0.05) is 33.4 Å². The molecule has 2 heterocycles. The van der Waals surface area contributed by atoms with Crippen LogP contribution in [0.2, 0.25) is 0 Å². The number of benzene rings is 1. The SMILES string of the molecule is Cc1c(C(=O)Nc2nc(C3(C)CC3)ns2)c2ccccc2[nH]c1=O. The molecule has 0 radical (unpaired) electrons. The Morgan fingerprint density at radius 3 is 2.83 bits per heavy atom. The normalized spacial score (nSPS) is 15.4. The number of aromatic nitrogens is 3.